The van der Waals surface area contributed by atoms with Crippen molar-refractivity contribution < 1.29 is 9.59 Å². The number of pyridine rings is 1. The normalized spacial score (nSPS) is 10.2. The third-order valence-electron chi connectivity index (χ3n) is 2.54. The van der Waals surface area contributed by atoms with Gasteiger partial charge in [0.2, 0.25) is 0 Å². The molecule has 0 aliphatic carbocycles. The van der Waals surface area contributed by atoms with Crippen LogP contribution in [-0.4, -0.2) is 16.0 Å². The number of halogens is 2. The number of nitrogen functional groups attached to an aromatic ring is 1. The monoisotopic (exact) mass is 338 g/mol. The molecule has 0 bridgehead atoms. The van der Waals surface area contributed by atoms with E-state index in [9.17, 15) is 9.59 Å². The highest BCUT2D eigenvalue weighted by atomic mass is 79.9. The van der Waals surface area contributed by atoms with Crippen molar-refractivity contribution in [2.45, 2.75) is 0 Å². The largest absolute Gasteiger partial charge is 0.383 e. The van der Waals surface area contributed by atoms with Crippen LogP contribution in [0.15, 0.2) is 41.0 Å². The molecule has 0 radical (unpaired) electrons. The van der Waals surface area contributed by atoms with Crippen molar-refractivity contribution in [2.75, 3.05) is 5.73 Å². The molecule has 4 nitrogen and oxygen atoms in total. The van der Waals surface area contributed by atoms with E-state index >= 15 is 0 Å². The fourth-order valence-electron chi connectivity index (χ4n) is 1.66. The number of rotatable bonds is 3. The number of aromatic nitrogens is 1. The predicted octanol–water partition coefficient (Wildman–Crippen LogP) is 3.04. The first-order valence-electron chi connectivity index (χ1n) is 5.26. The van der Waals surface area contributed by atoms with Crippen LogP contribution in [-0.2, 0) is 0 Å². The maximum absolute atomic E-state index is 12.4. The van der Waals surface area contributed by atoms with Crippen molar-refractivity contribution in [3.63, 3.8) is 0 Å². The zero-order chi connectivity index (χ0) is 14.0. The van der Waals surface area contributed by atoms with Gasteiger partial charge in [0.05, 0.1) is 5.56 Å². The molecule has 6 heteroatoms. The predicted molar refractivity (Wildman–Crippen MR) is 76.4 cm³/mol. The maximum Gasteiger partial charge on any atom is 0.256 e. The Hall–Kier alpha value is -1.72. The second-order valence-corrected chi connectivity index (χ2v) is 4.90. The van der Waals surface area contributed by atoms with E-state index in [0.717, 1.165) is 0 Å². The lowest BCUT2D eigenvalue weighted by molar-refractivity contribution is 0.102. The average molecular weight is 340 g/mol. The van der Waals surface area contributed by atoms with Crippen LogP contribution in [0.5, 0.6) is 0 Å². The van der Waals surface area contributed by atoms with Gasteiger partial charge in [-0.15, -0.1) is 0 Å². The first-order chi connectivity index (χ1) is 9.02. The molecule has 2 N–H and O–H groups in total. The van der Waals surface area contributed by atoms with Crippen molar-refractivity contribution in [3.05, 3.63) is 57.7 Å². The molecule has 96 valence electrons. The topological polar surface area (TPSA) is 73.0 Å². The summed E-state index contributed by atoms with van der Waals surface area (Å²) >= 11 is 8.75. The van der Waals surface area contributed by atoms with E-state index in [4.69, 9.17) is 17.3 Å². The maximum atomic E-state index is 12.4. The molecule has 2 aromatic rings. The molecule has 1 heterocycles. The lowest BCUT2D eigenvalue weighted by Crippen LogP contribution is -2.11. The summed E-state index contributed by atoms with van der Waals surface area (Å²) in [4.78, 5) is 27.6. The van der Waals surface area contributed by atoms with Crippen LogP contribution in [0.25, 0.3) is 0 Å². The van der Waals surface area contributed by atoms with E-state index in [1.807, 2.05) is 0 Å². The van der Waals surface area contributed by atoms with Crippen molar-refractivity contribution in [1.82, 2.24) is 4.98 Å². The molecule has 2 rings (SSSR count). The lowest BCUT2D eigenvalue weighted by Gasteiger charge is -2.08. The van der Waals surface area contributed by atoms with Crippen LogP contribution in [0.1, 0.15) is 26.3 Å². The zero-order valence-corrected chi connectivity index (χ0v) is 11.9. The molecule has 0 unspecified atom stereocenters. The third kappa shape index (κ3) is 2.67. The second-order valence-electron chi connectivity index (χ2n) is 3.70. The van der Waals surface area contributed by atoms with Crippen molar-refractivity contribution in [1.29, 1.82) is 0 Å². The Morgan fingerprint density at radius 1 is 1.16 bits per heavy atom. The summed E-state index contributed by atoms with van der Waals surface area (Å²) in [6, 6.07) is 8.32. The number of ketones is 1. The summed E-state index contributed by atoms with van der Waals surface area (Å²) in [5, 5.41) is -0.805. The van der Waals surface area contributed by atoms with Crippen LogP contribution in [0.2, 0.25) is 0 Å². The fourth-order valence-corrected chi connectivity index (χ4v) is 2.33. The molecule has 1 aromatic heterocycles. The fraction of sp³-hybridized carbons (Fsp3) is 0. The number of benzene rings is 1. The van der Waals surface area contributed by atoms with Gasteiger partial charge in [-0.3, -0.25) is 9.59 Å². The van der Waals surface area contributed by atoms with Gasteiger partial charge in [-0.05, 0) is 29.8 Å². The Bertz CT molecular complexity index is 673. The van der Waals surface area contributed by atoms with Crippen LogP contribution < -0.4 is 5.73 Å². The number of nitrogens with two attached hydrogens (primary N) is 1. The first kappa shape index (κ1) is 13.7. The smallest absolute Gasteiger partial charge is 0.256 e. The molecule has 19 heavy (non-hydrogen) atoms. The molecule has 0 saturated carbocycles. The quantitative estimate of drug-likeness (QED) is 0.689. The van der Waals surface area contributed by atoms with E-state index < -0.39 is 5.24 Å². The van der Waals surface area contributed by atoms with E-state index in [1.54, 1.807) is 24.3 Å². The third-order valence-corrected chi connectivity index (χ3v) is 3.42. The number of hydrogen-bond donors (Lipinski definition) is 1. The van der Waals surface area contributed by atoms with E-state index in [2.05, 4.69) is 20.9 Å². The Labute approximate surface area is 122 Å². The van der Waals surface area contributed by atoms with Gasteiger partial charge in [0.15, 0.2) is 5.78 Å². The van der Waals surface area contributed by atoms with E-state index in [-0.39, 0.29) is 22.7 Å². The first-order valence-corrected chi connectivity index (χ1v) is 6.43. The van der Waals surface area contributed by atoms with Crippen molar-refractivity contribution in [2.24, 2.45) is 0 Å². The molecule has 1 aromatic carbocycles. The number of hydrogen-bond acceptors (Lipinski definition) is 4. The molecule has 0 spiro atoms. The summed E-state index contributed by atoms with van der Waals surface area (Å²) < 4.78 is 0.628. The summed E-state index contributed by atoms with van der Waals surface area (Å²) in [5.74, 6) is -0.400. The molecule has 0 fully saturated rings. The Kier molecular flexibility index (Phi) is 3.97. The number of carbonyl (C=O) groups excluding carboxylic acids is 2. The Balaban J connectivity index is 2.60. The minimum Gasteiger partial charge on any atom is -0.383 e. The van der Waals surface area contributed by atoms with Gasteiger partial charge in [-0.1, -0.05) is 28.1 Å². The number of nitrogens with zero attached hydrogens (tertiary/aromatic N) is 1. The standard InChI is InChI=1S/C13H8BrClN2O2/c14-9-4-2-1-3-7(9)11(18)8-5-6-17-13(16)10(8)12(15)19/h1-6H,(H2,16,17). The molecular weight excluding hydrogens is 332 g/mol. The highest BCUT2D eigenvalue weighted by molar-refractivity contribution is 9.10. The molecule has 0 saturated heterocycles. The van der Waals surface area contributed by atoms with Gasteiger partial charge in [-0.2, -0.15) is 0 Å². The summed E-state index contributed by atoms with van der Waals surface area (Å²) in [6.07, 6.45) is 1.36. The minimum absolute atomic E-state index is 0.0575. The van der Waals surface area contributed by atoms with Gasteiger partial charge in [0.25, 0.3) is 5.24 Å². The van der Waals surface area contributed by atoms with Gasteiger partial charge in [0.1, 0.15) is 5.82 Å². The Morgan fingerprint density at radius 2 is 1.84 bits per heavy atom. The van der Waals surface area contributed by atoms with Crippen LogP contribution >= 0.6 is 27.5 Å². The summed E-state index contributed by atoms with van der Waals surface area (Å²) in [6.45, 7) is 0. The van der Waals surface area contributed by atoms with Crippen LogP contribution in [0.4, 0.5) is 5.82 Å². The average Bonchev–Trinajstić information content (AvgIpc) is 2.37. The number of anilines is 1. The highest BCUT2D eigenvalue weighted by Gasteiger charge is 2.21. The summed E-state index contributed by atoms with van der Waals surface area (Å²) in [5.41, 5.74) is 6.09. The molecule has 0 atom stereocenters. The Morgan fingerprint density at radius 3 is 2.47 bits per heavy atom. The van der Waals surface area contributed by atoms with Crippen LogP contribution in [0.3, 0.4) is 0 Å². The number of carbonyl (C=O) groups is 2. The molecular formula is C13H8BrClN2O2. The highest BCUT2D eigenvalue weighted by Crippen LogP contribution is 2.24. The molecule has 0 aliphatic rings. The lowest BCUT2D eigenvalue weighted by atomic mass is 10.00. The van der Waals surface area contributed by atoms with Gasteiger partial charge < -0.3 is 5.73 Å². The van der Waals surface area contributed by atoms with Gasteiger partial charge >= 0.3 is 0 Å². The van der Waals surface area contributed by atoms with E-state index in [0.29, 0.717) is 10.0 Å². The van der Waals surface area contributed by atoms with Crippen molar-refractivity contribution >= 4 is 44.4 Å². The molecule has 0 amide bonds. The molecule has 0 aliphatic heterocycles. The minimum atomic E-state index is -0.805. The zero-order valence-electron chi connectivity index (χ0n) is 9.56. The van der Waals surface area contributed by atoms with Gasteiger partial charge in [-0.25, -0.2) is 4.98 Å². The van der Waals surface area contributed by atoms with Crippen LogP contribution in [0, 0.1) is 0 Å². The summed E-state index contributed by atoms with van der Waals surface area (Å²) in [7, 11) is 0. The SMILES string of the molecule is Nc1nccc(C(=O)c2ccccc2Br)c1C(=O)Cl. The van der Waals surface area contributed by atoms with Gasteiger partial charge in [0, 0.05) is 21.8 Å². The van der Waals surface area contributed by atoms with Crippen molar-refractivity contribution in [3.8, 4) is 0 Å². The second kappa shape index (κ2) is 5.50. The van der Waals surface area contributed by atoms with E-state index in [1.165, 1.54) is 12.3 Å².